The third kappa shape index (κ3) is 5.46. The first-order valence-corrected chi connectivity index (χ1v) is 12.2. The lowest BCUT2D eigenvalue weighted by atomic mass is 9.93. The normalized spacial score (nSPS) is 18.9. The van der Waals surface area contributed by atoms with E-state index in [1.54, 1.807) is 0 Å². The topological polar surface area (TPSA) is 240 Å². The number of carboxylic acids is 1. The number of phenolic OH excluding ortho intramolecular Hbond substituents is 7. The van der Waals surface area contributed by atoms with E-state index in [9.17, 15) is 50.4 Å². The number of carboxylic acid groups (broad SMARTS) is 1. The number of aliphatic carboxylic acids is 1. The summed E-state index contributed by atoms with van der Waals surface area (Å²) in [4.78, 5) is 24.5. The molecule has 4 atom stereocenters. The first kappa shape index (κ1) is 27.3. The third-order valence-corrected chi connectivity index (χ3v) is 7.30. The van der Waals surface area contributed by atoms with Gasteiger partial charge in [-0.3, -0.25) is 4.79 Å². The molecule has 1 aliphatic heterocycles. The van der Waals surface area contributed by atoms with Gasteiger partial charge in [0.2, 0.25) is 0 Å². The van der Waals surface area contributed by atoms with Crippen LogP contribution in [0.1, 0.15) is 32.8 Å². The molecule has 0 spiro atoms. The molecule has 0 aliphatic carbocycles. The van der Waals surface area contributed by atoms with Crippen molar-refractivity contribution in [3.63, 3.8) is 0 Å². The molecular formula is C25H23NO12S. The minimum atomic E-state index is -1.38. The van der Waals surface area contributed by atoms with Crippen molar-refractivity contribution < 1.29 is 59.9 Å². The number of benzene rings is 3. The van der Waals surface area contributed by atoms with Gasteiger partial charge in [0.25, 0.3) is 0 Å². The minimum absolute atomic E-state index is 0.0429. The first-order chi connectivity index (χ1) is 18.4. The molecule has 0 fully saturated rings. The van der Waals surface area contributed by atoms with Gasteiger partial charge < -0.3 is 56.1 Å². The van der Waals surface area contributed by atoms with Crippen LogP contribution in [0.4, 0.5) is 0 Å². The average Bonchev–Trinajstić information content (AvgIpc) is 2.87. The molecule has 4 rings (SSSR count). The van der Waals surface area contributed by atoms with Crippen LogP contribution >= 0.6 is 11.8 Å². The summed E-state index contributed by atoms with van der Waals surface area (Å²) in [6.07, 6.45) is -2.64. The van der Waals surface area contributed by atoms with Crippen LogP contribution in [-0.4, -0.2) is 70.7 Å². The second-order valence-electron chi connectivity index (χ2n) is 8.60. The number of phenols is 7. The fourth-order valence-electron chi connectivity index (χ4n) is 3.98. The smallest absolute Gasteiger partial charge is 0.338 e. The summed E-state index contributed by atoms with van der Waals surface area (Å²) >= 11 is 0.901. The number of ether oxygens (including phenoxy) is 2. The number of aromatic hydroxyl groups is 7. The van der Waals surface area contributed by atoms with Crippen LogP contribution in [0.2, 0.25) is 0 Å². The lowest BCUT2D eigenvalue weighted by molar-refractivity contribution is -0.137. The van der Waals surface area contributed by atoms with Gasteiger partial charge in [-0.1, -0.05) is 6.07 Å². The van der Waals surface area contributed by atoms with Crippen molar-refractivity contribution in [1.82, 2.24) is 0 Å². The van der Waals surface area contributed by atoms with E-state index >= 15 is 0 Å². The predicted molar refractivity (Wildman–Crippen MR) is 134 cm³/mol. The second kappa shape index (κ2) is 10.6. The van der Waals surface area contributed by atoms with Crippen molar-refractivity contribution in [1.29, 1.82) is 0 Å². The fraction of sp³-hybridized carbons (Fsp3) is 0.200. The molecule has 14 heteroatoms. The summed E-state index contributed by atoms with van der Waals surface area (Å²) in [7, 11) is 0. The van der Waals surface area contributed by atoms with Gasteiger partial charge in [0.1, 0.15) is 23.3 Å². The van der Waals surface area contributed by atoms with E-state index in [1.165, 1.54) is 12.1 Å². The zero-order valence-electron chi connectivity index (χ0n) is 19.8. The van der Waals surface area contributed by atoms with Crippen LogP contribution in [0.5, 0.6) is 46.0 Å². The molecule has 0 radical (unpaired) electrons. The summed E-state index contributed by atoms with van der Waals surface area (Å²) in [6, 6.07) is 6.17. The van der Waals surface area contributed by atoms with E-state index in [2.05, 4.69) is 0 Å². The van der Waals surface area contributed by atoms with Crippen LogP contribution in [-0.2, 0) is 9.53 Å². The molecule has 1 aliphatic rings. The SMILES string of the molecule is N[C@@H](CS[C@@H]1c2c(O)cc(O)cc2O[C@H](c2ccc(O)c(O)c2)[C@@H]1OC(=O)c1cc(O)c(O)c(O)c1)C(=O)O. The minimum Gasteiger partial charge on any atom is -0.508 e. The molecule has 10 N–H and O–H groups in total. The van der Waals surface area contributed by atoms with Gasteiger partial charge in [-0.15, -0.1) is 11.8 Å². The standard InChI is InChI=1S/C25H23NO12S/c26-12(24(34)35)8-39-23-19-15(30)6-11(27)7-18(19)37-21(9-1-2-13(28)14(29)3-9)22(23)38-25(36)10-4-16(31)20(33)17(32)5-10/h1-7,12,21-23,27-33H,8,26H2,(H,34,35)/t12-,21+,22-,23+/m0/s1. The molecular weight excluding hydrogens is 538 g/mol. The van der Waals surface area contributed by atoms with Crippen molar-refractivity contribution in [2.75, 3.05) is 5.75 Å². The van der Waals surface area contributed by atoms with Gasteiger partial charge in [0, 0.05) is 23.4 Å². The maximum atomic E-state index is 13.2. The highest BCUT2D eigenvalue weighted by Crippen LogP contribution is 2.54. The summed E-state index contributed by atoms with van der Waals surface area (Å²) in [6.45, 7) is 0. The predicted octanol–water partition coefficient (Wildman–Crippen LogP) is 2.17. The molecule has 206 valence electrons. The lowest BCUT2D eigenvalue weighted by Crippen LogP contribution is -2.39. The molecule has 13 nitrogen and oxygen atoms in total. The van der Waals surface area contributed by atoms with Crippen molar-refractivity contribution in [3.8, 4) is 46.0 Å². The zero-order chi connectivity index (χ0) is 28.6. The Kier molecular flexibility index (Phi) is 7.42. The number of fused-ring (bicyclic) bond motifs is 1. The van der Waals surface area contributed by atoms with E-state index < -0.39 is 69.9 Å². The van der Waals surface area contributed by atoms with Gasteiger partial charge in [-0.25, -0.2) is 4.79 Å². The van der Waals surface area contributed by atoms with Crippen LogP contribution in [0, 0.1) is 0 Å². The summed E-state index contributed by atoms with van der Waals surface area (Å²) < 4.78 is 11.7. The van der Waals surface area contributed by atoms with E-state index in [-0.39, 0.29) is 33.9 Å². The van der Waals surface area contributed by atoms with Gasteiger partial charge in [-0.05, 0) is 24.3 Å². The third-order valence-electron chi connectivity index (χ3n) is 5.89. The van der Waals surface area contributed by atoms with Gasteiger partial charge in [0.05, 0.1) is 16.4 Å². The van der Waals surface area contributed by atoms with Gasteiger partial charge >= 0.3 is 11.9 Å². The van der Waals surface area contributed by atoms with E-state index in [0.29, 0.717) is 0 Å². The number of esters is 1. The Hall–Kier alpha value is -4.69. The number of hydrogen-bond donors (Lipinski definition) is 9. The van der Waals surface area contributed by atoms with Gasteiger partial charge in [-0.2, -0.15) is 0 Å². The Balaban J connectivity index is 1.84. The molecule has 3 aromatic carbocycles. The molecule has 0 aromatic heterocycles. The number of nitrogens with two attached hydrogens (primary N) is 1. The lowest BCUT2D eigenvalue weighted by Gasteiger charge is -2.39. The van der Waals surface area contributed by atoms with Crippen LogP contribution in [0.15, 0.2) is 42.5 Å². The van der Waals surface area contributed by atoms with E-state index in [0.717, 1.165) is 42.1 Å². The fourth-order valence-corrected chi connectivity index (χ4v) is 5.33. The van der Waals surface area contributed by atoms with Gasteiger partial charge in [0.15, 0.2) is 41.0 Å². The van der Waals surface area contributed by atoms with Crippen molar-refractivity contribution >= 4 is 23.7 Å². The van der Waals surface area contributed by atoms with Crippen molar-refractivity contribution in [3.05, 3.63) is 59.2 Å². The largest absolute Gasteiger partial charge is 0.508 e. The Morgan fingerprint density at radius 2 is 1.56 bits per heavy atom. The summed E-state index contributed by atoms with van der Waals surface area (Å²) in [5.41, 5.74) is 5.53. The number of carbonyl (C=O) groups excluding carboxylic acids is 1. The first-order valence-electron chi connectivity index (χ1n) is 11.2. The molecule has 3 aromatic rings. The average molecular weight is 562 g/mol. The highest BCUT2D eigenvalue weighted by molar-refractivity contribution is 7.99. The quantitative estimate of drug-likeness (QED) is 0.148. The molecule has 0 saturated carbocycles. The van der Waals surface area contributed by atoms with Crippen molar-refractivity contribution in [2.24, 2.45) is 5.73 Å². The highest BCUT2D eigenvalue weighted by Gasteiger charge is 2.45. The highest BCUT2D eigenvalue weighted by atomic mass is 32.2. The Morgan fingerprint density at radius 1 is 0.897 bits per heavy atom. The Labute approximate surface area is 223 Å². The maximum absolute atomic E-state index is 13.2. The molecule has 1 heterocycles. The maximum Gasteiger partial charge on any atom is 0.338 e. The van der Waals surface area contributed by atoms with Crippen molar-refractivity contribution in [2.45, 2.75) is 23.5 Å². The number of carbonyl (C=O) groups is 2. The molecule has 0 saturated heterocycles. The van der Waals surface area contributed by atoms with Crippen LogP contribution in [0.3, 0.4) is 0 Å². The monoisotopic (exact) mass is 561 g/mol. The Bertz CT molecular complexity index is 1420. The number of thioether (sulfide) groups is 1. The Morgan fingerprint density at radius 3 is 2.18 bits per heavy atom. The van der Waals surface area contributed by atoms with Crippen LogP contribution < -0.4 is 10.5 Å². The molecule has 0 unspecified atom stereocenters. The number of hydrogen-bond acceptors (Lipinski definition) is 13. The number of rotatable bonds is 7. The zero-order valence-corrected chi connectivity index (χ0v) is 20.6. The van der Waals surface area contributed by atoms with Crippen LogP contribution in [0.25, 0.3) is 0 Å². The molecule has 39 heavy (non-hydrogen) atoms. The summed E-state index contributed by atoms with van der Waals surface area (Å²) in [5, 5.41) is 78.1. The van der Waals surface area contributed by atoms with E-state index in [1.807, 2.05) is 0 Å². The van der Waals surface area contributed by atoms with E-state index in [4.69, 9.17) is 15.2 Å². The second-order valence-corrected chi connectivity index (χ2v) is 9.77. The summed E-state index contributed by atoms with van der Waals surface area (Å²) in [5.74, 6) is -6.97. The molecule has 0 amide bonds. The molecule has 0 bridgehead atoms.